The lowest BCUT2D eigenvalue weighted by Gasteiger charge is -2.21. The second-order valence-corrected chi connectivity index (χ2v) is 3.60. The van der Waals surface area contributed by atoms with Crippen molar-refractivity contribution in [2.45, 2.75) is 32.4 Å². The predicted molar refractivity (Wildman–Crippen MR) is 43.7 cm³/mol. The number of Topliss-reactive ketones (excluding diaryl/α,β-unsaturated/α-hetero) is 1. The fourth-order valence-corrected chi connectivity index (χ4v) is 1.49. The first kappa shape index (κ1) is 11.1. The van der Waals surface area contributed by atoms with Crippen LogP contribution in [0.2, 0.25) is 0 Å². The Labute approximate surface area is 79.4 Å². The van der Waals surface area contributed by atoms with E-state index < -0.39 is 23.3 Å². The molecule has 1 aliphatic rings. The third-order valence-corrected chi connectivity index (χ3v) is 2.31. The van der Waals surface area contributed by atoms with Gasteiger partial charge in [-0.25, -0.2) is 0 Å². The summed E-state index contributed by atoms with van der Waals surface area (Å²) in [6.45, 7) is 1.76. The summed E-state index contributed by atoms with van der Waals surface area (Å²) in [5.41, 5.74) is -0.462. The van der Waals surface area contributed by atoms with Crippen LogP contribution in [0.4, 0.5) is 13.2 Å². The topological polar surface area (TPSA) is 37.3 Å². The number of ketones is 1. The van der Waals surface area contributed by atoms with Crippen molar-refractivity contribution in [1.82, 2.24) is 0 Å². The number of carbonyl (C=O) groups is 1. The van der Waals surface area contributed by atoms with Gasteiger partial charge in [0.15, 0.2) is 5.78 Å². The molecular formula is C9H11F3O2. The number of carbonyl (C=O) groups excluding carboxylic acids is 1. The predicted octanol–water partition coefficient (Wildman–Crippen LogP) is 2.75. The Morgan fingerprint density at radius 2 is 2.07 bits per heavy atom. The highest BCUT2D eigenvalue weighted by atomic mass is 19.4. The van der Waals surface area contributed by atoms with Gasteiger partial charge in [-0.3, -0.25) is 4.79 Å². The average Bonchev–Trinajstić information content (AvgIpc) is 2.06. The third-order valence-electron chi connectivity index (χ3n) is 2.31. The van der Waals surface area contributed by atoms with Crippen molar-refractivity contribution in [1.29, 1.82) is 0 Å². The first-order valence-electron chi connectivity index (χ1n) is 4.35. The number of aliphatic hydroxyl groups excluding tert-OH is 1. The van der Waals surface area contributed by atoms with Crippen LogP contribution in [0.1, 0.15) is 26.2 Å². The van der Waals surface area contributed by atoms with Crippen LogP contribution in [0.3, 0.4) is 0 Å². The van der Waals surface area contributed by atoms with Crippen molar-refractivity contribution in [2.75, 3.05) is 0 Å². The van der Waals surface area contributed by atoms with Crippen LogP contribution < -0.4 is 0 Å². The zero-order valence-corrected chi connectivity index (χ0v) is 7.69. The Morgan fingerprint density at radius 3 is 2.57 bits per heavy atom. The average molecular weight is 208 g/mol. The van der Waals surface area contributed by atoms with Gasteiger partial charge in [-0.15, -0.1) is 0 Å². The van der Waals surface area contributed by atoms with Gasteiger partial charge < -0.3 is 5.11 Å². The number of allylic oxidation sites excluding steroid dienone is 2. The van der Waals surface area contributed by atoms with Crippen molar-refractivity contribution >= 4 is 5.78 Å². The molecule has 0 radical (unpaired) electrons. The van der Waals surface area contributed by atoms with Gasteiger partial charge in [0.05, 0.1) is 0 Å². The quantitative estimate of drug-likeness (QED) is 0.491. The molecule has 1 rings (SSSR count). The van der Waals surface area contributed by atoms with Crippen LogP contribution in [0.25, 0.3) is 0 Å². The Kier molecular flexibility index (Phi) is 2.87. The van der Waals surface area contributed by atoms with Gasteiger partial charge in [-0.2, -0.15) is 13.2 Å². The molecule has 1 atom stereocenters. The molecule has 0 aliphatic heterocycles. The number of aliphatic hydroxyl groups is 1. The van der Waals surface area contributed by atoms with Crippen LogP contribution in [-0.2, 0) is 4.79 Å². The lowest BCUT2D eigenvalue weighted by molar-refractivity contribution is -0.128. The minimum atomic E-state index is -4.80. The first-order valence-corrected chi connectivity index (χ1v) is 4.35. The second kappa shape index (κ2) is 3.63. The van der Waals surface area contributed by atoms with Crippen LogP contribution in [0.5, 0.6) is 0 Å². The van der Waals surface area contributed by atoms with Crippen molar-refractivity contribution in [3.63, 3.8) is 0 Å². The molecule has 80 valence electrons. The Hall–Kier alpha value is -1.00. The van der Waals surface area contributed by atoms with E-state index >= 15 is 0 Å². The summed E-state index contributed by atoms with van der Waals surface area (Å²) in [7, 11) is 0. The smallest absolute Gasteiger partial charge is 0.449 e. The Morgan fingerprint density at radius 1 is 1.50 bits per heavy atom. The normalized spacial score (nSPS) is 27.7. The van der Waals surface area contributed by atoms with Gasteiger partial charge in [0.25, 0.3) is 0 Å². The second-order valence-electron chi connectivity index (χ2n) is 3.60. The van der Waals surface area contributed by atoms with Gasteiger partial charge in [0.1, 0.15) is 0 Å². The molecule has 1 saturated carbocycles. The fourth-order valence-electron chi connectivity index (χ4n) is 1.49. The van der Waals surface area contributed by atoms with Crippen LogP contribution in [0.15, 0.2) is 11.3 Å². The van der Waals surface area contributed by atoms with E-state index in [9.17, 15) is 18.0 Å². The van der Waals surface area contributed by atoms with Crippen molar-refractivity contribution in [3.05, 3.63) is 11.3 Å². The zero-order chi connectivity index (χ0) is 10.9. The SMILES string of the molecule is CC1CCC(=O)C(=C(O)C(F)(F)F)C1. The largest absolute Gasteiger partial charge is 0.504 e. The molecule has 0 spiro atoms. The molecule has 1 unspecified atom stereocenters. The van der Waals surface area contributed by atoms with E-state index in [-0.39, 0.29) is 18.8 Å². The minimum Gasteiger partial charge on any atom is -0.504 e. The highest BCUT2D eigenvalue weighted by Crippen LogP contribution is 2.33. The van der Waals surface area contributed by atoms with Crippen molar-refractivity contribution in [2.24, 2.45) is 5.92 Å². The van der Waals surface area contributed by atoms with E-state index in [0.717, 1.165) is 0 Å². The van der Waals surface area contributed by atoms with Crippen molar-refractivity contribution < 1.29 is 23.1 Å². The van der Waals surface area contributed by atoms with Gasteiger partial charge in [-0.1, -0.05) is 6.92 Å². The summed E-state index contributed by atoms with van der Waals surface area (Å²) in [4.78, 5) is 11.1. The third kappa shape index (κ3) is 2.27. The van der Waals surface area contributed by atoms with E-state index in [4.69, 9.17) is 5.11 Å². The Balaban J connectivity index is 2.98. The monoisotopic (exact) mass is 208 g/mol. The molecular weight excluding hydrogens is 197 g/mol. The standard InChI is InChI=1S/C9H11F3O2/c1-5-2-3-7(13)6(4-5)8(14)9(10,11)12/h5,14H,2-4H2,1H3. The number of halogens is 3. The molecule has 5 heteroatoms. The Bertz CT molecular complexity index is 278. The van der Waals surface area contributed by atoms with E-state index in [1.165, 1.54) is 0 Å². The van der Waals surface area contributed by atoms with E-state index in [1.54, 1.807) is 6.92 Å². The molecule has 0 bridgehead atoms. The lowest BCUT2D eigenvalue weighted by atomic mass is 9.85. The molecule has 0 aromatic carbocycles. The molecule has 0 aromatic rings. The number of rotatable bonds is 0. The highest BCUT2D eigenvalue weighted by Gasteiger charge is 2.39. The summed E-state index contributed by atoms with van der Waals surface area (Å²) in [6.07, 6.45) is -4.10. The molecule has 0 amide bonds. The van der Waals surface area contributed by atoms with Gasteiger partial charge in [0.2, 0.25) is 5.76 Å². The van der Waals surface area contributed by atoms with E-state index in [1.807, 2.05) is 0 Å². The molecule has 1 aliphatic carbocycles. The fraction of sp³-hybridized carbons (Fsp3) is 0.667. The molecule has 0 heterocycles. The maximum Gasteiger partial charge on any atom is 0.449 e. The van der Waals surface area contributed by atoms with E-state index in [2.05, 4.69) is 0 Å². The first-order chi connectivity index (χ1) is 6.32. The molecule has 14 heavy (non-hydrogen) atoms. The van der Waals surface area contributed by atoms with Gasteiger partial charge in [-0.05, 0) is 18.8 Å². The van der Waals surface area contributed by atoms with Gasteiger partial charge in [0, 0.05) is 12.0 Å². The summed E-state index contributed by atoms with van der Waals surface area (Å²) < 4.78 is 36.2. The summed E-state index contributed by atoms with van der Waals surface area (Å²) >= 11 is 0. The van der Waals surface area contributed by atoms with Crippen LogP contribution in [0, 0.1) is 5.92 Å². The maximum atomic E-state index is 12.1. The summed E-state index contributed by atoms with van der Waals surface area (Å²) in [6, 6.07) is 0. The summed E-state index contributed by atoms with van der Waals surface area (Å²) in [5, 5.41) is 8.83. The highest BCUT2D eigenvalue weighted by molar-refractivity contribution is 5.96. The lowest BCUT2D eigenvalue weighted by Crippen LogP contribution is -2.22. The molecule has 1 fully saturated rings. The van der Waals surface area contributed by atoms with Crippen molar-refractivity contribution in [3.8, 4) is 0 Å². The molecule has 1 N–H and O–H groups in total. The van der Waals surface area contributed by atoms with Crippen LogP contribution in [-0.4, -0.2) is 17.1 Å². The zero-order valence-electron chi connectivity index (χ0n) is 7.69. The molecule has 0 saturated heterocycles. The van der Waals surface area contributed by atoms with Crippen LogP contribution >= 0.6 is 0 Å². The summed E-state index contributed by atoms with van der Waals surface area (Å²) in [5.74, 6) is -2.28. The molecule has 2 nitrogen and oxygen atoms in total. The number of hydrogen-bond donors (Lipinski definition) is 1. The number of alkyl halides is 3. The van der Waals surface area contributed by atoms with E-state index in [0.29, 0.717) is 6.42 Å². The maximum absolute atomic E-state index is 12.1. The van der Waals surface area contributed by atoms with Gasteiger partial charge >= 0.3 is 6.18 Å². The molecule has 0 aromatic heterocycles. The minimum absolute atomic E-state index is 0.0180. The number of hydrogen-bond acceptors (Lipinski definition) is 2.